The minimum absolute atomic E-state index is 0.648. The van der Waals surface area contributed by atoms with E-state index in [9.17, 15) is 0 Å². The van der Waals surface area contributed by atoms with Gasteiger partial charge < -0.3 is 5.32 Å². The molecule has 16 heavy (non-hydrogen) atoms. The monoisotopic (exact) mass is 236 g/mol. The Morgan fingerprint density at radius 3 is 2.88 bits per heavy atom. The van der Waals surface area contributed by atoms with Crippen LogP contribution in [0.2, 0.25) is 0 Å². The van der Waals surface area contributed by atoms with Crippen LogP contribution in [-0.2, 0) is 0 Å². The van der Waals surface area contributed by atoms with Crippen molar-refractivity contribution < 1.29 is 0 Å². The van der Waals surface area contributed by atoms with Gasteiger partial charge in [-0.25, -0.2) is 4.98 Å². The smallest absolute Gasteiger partial charge is 0.0960 e. The summed E-state index contributed by atoms with van der Waals surface area (Å²) in [5.41, 5.74) is 0. The number of nitrogens with one attached hydrogen (secondary N) is 1. The number of hydrogen-bond acceptors (Lipinski definition) is 3. The highest BCUT2D eigenvalue weighted by Crippen LogP contribution is 2.30. The van der Waals surface area contributed by atoms with Crippen LogP contribution in [0, 0.1) is 5.92 Å². The van der Waals surface area contributed by atoms with Crippen LogP contribution in [0.15, 0.2) is 29.4 Å². The SMILES string of the molecule is CNC(CSc1ccccn1)C1CCCC1. The van der Waals surface area contributed by atoms with Gasteiger partial charge in [0.15, 0.2) is 0 Å². The molecule has 1 N–H and O–H groups in total. The third kappa shape index (κ3) is 3.22. The summed E-state index contributed by atoms with van der Waals surface area (Å²) >= 11 is 1.87. The Hall–Kier alpha value is -0.540. The van der Waals surface area contributed by atoms with Gasteiger partial charge in [-0.05, 0) is 37.9 Å². The van der Waals surface area contributed by atoms with Gasteiger partial charge in [-0.2, -0.15) is 0 Å². The second kappa shape index (κ2) is 6.26. The van der Waals surface area contributed by atoms with Crippen molar-refractivity contribution in [2.75, 3.05) is 12.8 Å². The molecule has 1 unspecified atom stereocenters. The number of pyridine rings is 1. The average molecular weight is 236 g/mol. The average Bonchev–Trinajstić information content (AvgIpc) is 2.85. The molecule has 1 heterocycles. The van der Waals surface area contributed by atoms with Crippen molar-refractivity contribution in [3.8, 4) is 0 Å². The molecule has 1 aliphatic carbocycles. The summed E-state index contributed by atoms with van der Waals surface area (Å²) in [7, 11) is 2.09. The fourth-order valence-corrected chi connectivity index (χ4v) is 3.52. The molecule has 1 fully saturated rings. The molecule has 2 nitrogen and oxygen atoms in total. The lowest BCUT2D eigenvalue weighted by Gasteiger charge is -2.22. The fraction of sp³-hybridized carbons (Fsp3) is 0.615. The van der Waals surface area contributed by atoms with Gasteiger partial charge in [-0.1, -0.05) is 18.9 Å². The Labute approximate surface area is 102 Å². The fourth-order valence-electron chi connectivity index (χ4n) is 2.42. The van der Waals surface area contributed by atoms with E-state index >= 15 is 0 Å². The second-order valence-corrected chi connectivity index (χ2v) is 5.46. The molecule has 0 spiro atoms. The zero-order valence-corrected chi connectivity index (χ0v) is 10.7. The van der Waals surface area contributed by atoms with Gasteiger partial charge in [0.25, 0.3) is 0 Å². The third-order valence-electron chi connectivity index (χ3n) is 3.39. The molecule has 1 aliphatic rings. The van der Waals surface area contributed by atoms with Crippen molar-refractivity contribution in [3.05, 3.63) is 24.4 Å². The molecule has 1 saturated carbocycles. The normalized spacial score (nSPS) is 18.8. The van der Waals surface area contributed by atoms with Crippen LogP contribution in [0.4, 0.5) is 0 Å². The van der Waals surface area contributed by atoms with Gasteiger partial charge >= 0.3 is 0 Å². The van der Waals surface area contributed by atoms with Crippen molar-refractivity contribution in [1.29, 1.82) is 0 Å². The van der Waals surface area contributed by atoms with E-state index < -0.39 is 0 Å². The first-order valence-corrected chi connectivity index (χ1v) is 7.10. The van der Waals surface area contributed by atoms with Gasteiger partial charge in [0.1, 0.15) is 0 Å². The predicted molar refractivity (Wildman–Crippen MR) is 69.8 cm³/mol. The van der Waals surface area contributed by atoms with Crippen LogP contribution in [0.5, 0.6) is 0 Å². The van der Waals surface area contributed by atoms with E-state index in [1.807, 2.05) is 24.0 Å². The predicted octanol–water partition coefficient (Wildman–Crippen LogP) is 2.95. The van der Waals surface area contributed by atoms with Crippen LogP contribution in [0.3, 0.4) is 0 Å². The second-order valence-electron chi connectivity index (χ2n) is 4.42. The van der Waals surface area contributed by atoms with Crippen LogP contribution in [0.1, 0.15) is 25.7 Å². The highest BCUT2D eigenvalue weighted by molar-refractivity contribution is 7.99. The Kier molecular flexibility index (Phi) is 4.67. The van der Waals surface area contributed by atoms with Crippen molar-refractivity contribution in [2.45, 2.75) is 36.8 Å². The molecule has 1 aromatic heterocycles. The number of thioether (sulfide) groups is 1. The summed E-state index contributed by atoms with van der Waals surface area (Å²) in [5.74, 6) is 2.01. The molecule has 0 bridgehead atoms. The molecule has 88 valence electrons. The Morgan fingerprint density at radius 1 is 1.44 bits per heavy atom. The Bertz CT molecular complexity index is 296. The van der Waals surface area contributed by atoms with Gasteiger partial charge in [-0.15, -0.1) is 11.8 Å². The van der Waals surface area contributed by atoms with Gasteiger partial charge in [0.2, 0.25) is 0 Å². The van der Waals surface area contributed by atoms with Crippen LogP contribution < -0.4 is 5.32 Å². The molecular weight excluding hydrogens is 216 g/mol. The number of hydrogen-bond donors (Lipinski definition) is 1. The summed E-state index contributed by atoms with van der Waals surface area (Å²) in [6.45, 7) is 0. The summed E-state index contributed by atoms with van der Waals surface area (Å²) in [6, 6.07) is 6.76. The summed E-state index contributed by atoms with van der Waals surface area (Å²) < 4.78 is 0. The van der Waals surface area contributed by atoms with E-state index in [-0.39, 0.29) is 0 Å². The van der Waals surface area contributed by atoms with Crippen LogP contribution in [0.25, 0.3) is 0 Å². The number of aromatic nitrogens is 1. The molecule has 0 aromatic carbocycles. The number of nitrogens with zero attached hydrogens (tertiary/aromatic N) is 1. The maximum Gasteiger partial charge on any atom is 0.0960 e. The van der Waals surface area contributed by atoms with E-state index in [1.165, 1.54) is 25.7 Å². The quantitative estimate of drug-likeness (QED) is 0.796. The lowest BCUT2D eigenvalue weighted by atomic mass is 10.0. The highest BCUT2D eigenvalue weighted by atomic mass is 32.2. The number of rotatable bonds is 5. The molecule has 0 saturated heterocycles. The minimum Gasteiger partial charge on any atom is -0.316 e. The molecule has 3 heteroatoms. The van der Waals surface area contributed by atoms with E-state index in [0.717, 1.165) is 16.7 Å². The van der Waals surface area contributed by atoms with E-state index in [2.05, 4.69) is 29.5 Å². The molecule has 0 radical (unpaired) electrons. The van der Waals surface area contributed by atoms with Crippen molar-refractivity contribution in [3.63, 3.8) is 0 Å². The lowest BCUT2D eigenvalue weighted by Crippen LogP contribution is -2.34. The zero-order valence-electron chi connectivity index (χ0n) is 9.86. The molecule has 0 aliphatic heterocycles. The zero-order chi connectivity index (χ0) is 11.2. The first kappa shape index (κ1) is 11.9. The van der Waals surface area contributed by atoms with Crippen LogP contribution in [-0.4, -0.2) is 23.8 Å². The van der Waals surface area contributed by atoms with Crippen molar-refractivity contribution in [2.24, 2.45) is 5.92 Å². The maximum absolute atomic E-state index is 4.35. The van der Waals surface area contributed by atoms with Crippen molar-refractivity contribution in [1.82, 2.24) is 10.3 Å². The summed E-state index contributed by atoms with van der Waals surface area (Å²) in [5, 5.41) is 4.61. The summed E-state index contributed by atoms with van der Waals surface area (Å²) in [6.07, 6.45) is 7.49. The van der Waals surface area contributed by atoms with Crippen molar-refractivity contribution >= 4 is 11.8 Å². The third-order valence-corrected chi connectivity index (χ3v) is 4.45. The molecular formula is C13H20N2S. The maximum atomic E-state index is 4.35. The highest BCUT2D eigenvalue weighted by Gasteiger charge is 2.23. The van der Waals surface area contributed by atoms with Gasteiger partial charge in [-0.3, -0.25) is 0 Å². The van der Waals surface area contributed by atoms with E-state index in [4.69, 9.17) is 0 Å². The minimum atomic E-state index is 0.648. The first-order chi connectivity index (χ1) is 7.90. The molecule has 1 atom stereocenters. The largest absolute Gasteiger partial charge is 0.316 e. The molecule has 0 amide bonds. The summed E-state index contributed by atoms with van der Waals surface area (Å²) in [4.78, 5) is 4.35. The Balaban J connectivity index is 1.83. The van der Waals surface area contributed by atoms with Gasteiger partial charge in [0, 0.05) is 18.0 Å². The lowest BCUT2D eigenvalue weighted by molar-refractivity contribution is 0.410. The standard InChI is InChI=1S/C13H20N2S/c1-14-12(11-6-2-3-7-11)10-16-13-8-4-5-9-15-13/h4-5,8-9,11-12,14H,2-3,6-7,10H2,1H3. The Morgan fingerprint density at radius 2 is 2.25 bits per heavy atom. The molecule has 1 aromatic rings. The molecule has 2 rings (SSSR count). The topological polar surface area (TPSA) is 24.9 Å². The first-order valence-electron chi connectivity index (χ1n) is 6.11. The van der Waals surface area contributed by atoms with E-state index in [1.54, 1.807) is 0 Å². The van der Waals surface area contributed by atoms with Crippen LogP contribution >= 0.6 is 11.8 Å². The van der Waals surface area contributed by atoms with Gasteiger partial charge in [0.05, 0.1) is 5.03 Å². The van der Waals surface area contributed by atoms with E-state index in [0.29, 0.717) is 6.04 Å².